The molecule has 2 N–H and O–H groups in total. The average molecular weight is 264 g/mol. The van der Waals surface area contributed by atoms with Gasteiger partial charge in [0.25, 0.3) is 0 Å². The quantitative estimate of drug-likeness (QED) is 0.856. The second-order valence-corrected chi connectivity index (χ2v) is 5.67. The molecule has 2 rings (SSSR count). The van der Waals surface area contributed by atoms with E-state index in [-0.39, 0.29) is 5.54 Å². The Morgan fingerprint density at radius 1 is 1.37 bits per heavy atom. The molecule has 0 radical (unpaired) electrons. The molecule has 1 unspecified atom stereocenters. The Morgan fingerprint density at radius 3 is 2.68 bits per heavy atom. The van der Waals surface area contributed by atoms with Gasteiger partial charge in [-0.25, -0.2) is 9.97 Å². The lowest BCUT2D eigenvalue weighted by atomic mass is 10.0. The highest BCUT2D eigenvalue weighted by molar-refractivity contribution is 5.49. The van der Waals surface area contributed by atoms with E-state index in [1.54, 1.807) is 0 Å². The van der Waals surface area contributed by atoms with Crippen molar-refractivity contribution in [3.8, 4) is 0 Å². The highest BCUT2D eigenvalue weighted by Gasteiger charge is 2.30. The van der Waals surface area contributed by atoms with Crippen LogP contribution < -0.4 is 10.6 Å². The minimum Gasteiger partial charge on any atom is -0.379 e. The molecule has 1 saturated heterocycles. The molecule has 0 bridgehead atoms. The highest BCUT2D eigenvalue weighted by Crippen LogP contribution is 2.25. The molecular weight excluding hydrogens is 240 g/mol. The predicted octanol–water partition coefficient (Wildman–Crippen LogP) is 2.62. The van der Waals surface area contributed by atoms with E-state index in [0.29, 0.717) is 5.92 Å². The van der Waals surface area contributed by atoms with Gasteiger partial charge in [-0.1, -0.05) is 13.8 Å². The standard InChI is InChI=1S/C14H24N4O/c1-5-15-11-8-12(17-13(16-11)10(2)3)18-14(4)6-7-19-9-14/h8,10H,5-7,9H2,1-4H3,(H2,15,16,17,18). The van der Waals surface area contributed by atoms with Crippen molar-refractivity contribution < 1.29 is 4.74 Å². The number of hydrogen-bond donors (Lipinski definition) is 2. The second kappa shape index (κ2) is 5.74. The van der Waals surface area contributed by atoms with Crippen LogP contribution in [0.5, 0.6) is 0 Å². The molecule has 2 heterocycles. The van der Waals surface area contributed by atoms with Crippen LogP contribution in [0.15, 0.2) is 6.07 Å². The van der Waals surface area contributed by atoms with Crippen LogP contribution in [0.3, 0.4) is 0 Å². The molecule has 1 fully saturated rings. The Balaban J connectivity index is 2.22. The SMILES string of the molecule is CCNc1cc(NC2(C)CCOC2)nc(C(C)C)n1. The van der Waals surface area contributed by atoms with E-state index < -0.39 is 0 Å². The number of nitrogens with one attached hydrogen (secondary N) is 2. The van der Waals surface area contributed by atoms with E-state index in [2.05, 4.69) is 48.3 Å². The van der Waals surface area contributed by atoms with Crippen molar-refractivity contribution in [1.29, 1.82) is 0 Å². The van der Waals surface area contributed by atoms with Crippen molar-refractivity contribution in [1.82, 2.24) is 9.97 Å². The molecule has 5 heteroatoms. The van der Waals surface area contributed by atoms with Crippen LogP contribution in [0.25, 0.3) is 0 Å². The number of anilines is 2. The lowest BCUT2D eigenvalue weighted by Gasteiger charge is -2.25. The summed E-state index contributed by atoms with van der Waals surface area (Å²) in [7, 11) is 0. The molecule has 1 aromatic heterocycles. The molecule has 19 heavy (non-hydrogen) atoms. The zero-order valence-corrected chi connectivity index (χ0v) is 12.3. The van der Waals surface area contributed by atoms with E-state index in [4.69, 9.17) is 4.74 Å². The first-order valence-corrected chi connectivity index (χ1v) is 7.01. The number of aromatic nitrogens is 2. The molecule has 0 aliphatic carbocycles. The molecule has 1 aromatic rings. The van der Waals surface area contributed by atoms with Crippen LogP contribution in [0.2, 0.25) is 0 Å². The summed E-state index contributed by atoms with van der Waals surface area (Å²) in [5.41, 5.74) is -0.0217. The van der Waals surface area contributed by atoms with Gasteiger partial charge in [-0.15, -0.1) is 0 Å². The third-order valence-electron chi connectivity index (χ3n) is 3.27. The Hall–Kier alpha value is -1.36. The van der Waals surface area contributed by atoms with Crippen LogP contribution >= 0.6 is 0 Å². The normalized spacial score (nSPS) is 22.8. The van der Waals surface area contributed by atoms with Crippen molar-refractivity contribution in [2.24, 2.45) is 0 Å². The average Bonchev–Trinajstić information content (AvgIpc) is 2.75. The summed E-state index contributed by atoms with van der Waals surface area (Å²) in [6.45, 7) is 10.8. The first kappa shape index (κ1) is 14.1. The van der Waals surface area contributed by atoms with Crippen LogP contribution in [-0.2, 0) is 4.74 Å². The van der Waals surface area contributed by atoms with E-state index in [9.17, 15) is 0 Å². The fraction of sp³-hybridized carbons (Fsp3) is 0.714. The van der Waals surface area contributed by atoms with Gasteiger partial charge in [-0.3, -0.25) is 0 Å². The molecule has 0 spiro atoms. The van der Waals surface area contributed by atoms with Gasteiger partial charge < -0.3 is 15.4 Å². The number of hydrogen-bond acceptors (Lipinski definition) is 5. The van der Waals surface area contributed by atoms with Gasteiger partial charge in [0, 0.05) is 25.1 Å². The van der Waals surface area contributed by atoms with Crippen LogP contribution in [-0.4, -0.2) is 35.3 Å². The van der Waals surface area contributed by atoms with Gasteiger partial charge in [0.1, 0.15) is 17.5 Å². The first-order chi connectivity index (χ1) is 9.02. The summed E-state index contributed by atoms with van der Waals surface area (Å²) < 4.78 is 5.47. The van der Waals surface area contributed by atoms with Crippen LogP contribution in [0, 0.1) is 0 Å². The molecule has 1 aliphatic rings. The van der Waals surface area contributed by atoms with Crippen LogP contribution in [0.1, 0.15) is 45.9 Å². The van der Waals surface area contributed by atoms with Gasteiger partial charge in [-0.05, 0) is 20.3 Å². The first-order valence-electron chi connectivity index (χ1n) is 7.01. The molecule has 5 nitrogen and oxygen atoms in total. The zero-order chi connectivity index (χ0) is 13.9. The summed E-state index contributed by atoms with van der Waals surface area (Å²) in [5, 5.41) is 6.75. The molecule has 106 valence electrons. The van der Waals surface area contributed by atoms with Gasteiger partial charge >= 0.3 is 0 Å². The highest BCUT2D eigenvalue weighted by atomic mass is 16.5. The van der Waals surface area contributed by atoms with Crippen molar-refractivity contribution >= 4 is 11.6 Å². The topological polar surface area (TPSA) is 59.1 Å². The summed E-state index contributed by atoms with van der Waals surface area (Å²) in [6.07, 6.45) is 1.00. The second-order valence-electron chi connectivity index (χ2n) is 5.67. The van der Waals surface area contributed by atoms with E-state index >= 15 is 0 Å². The predicted molar refractivity (Wildman–Crippen MR) is 77.7 cm³/mol. The van der Waals surface area contributed by atoms with E-state index in [0.717, 1.165) is 43.6 Å². The minimum atomic E-state index is -0.0217. The number of rotatable bonds is 5. The van der Waals surface area contributed by atoms with Crippen molar-refractivity contribution in [2.45, 2.75) is 45.6 Å². The monoisotopic (exact) mass is 264 g/mol. The summed E-state index contributed by atoms with van der Waals surface area (Å²) >= 11 is 0. The molecule has 0 aromatic carbocycles. The number of nitrogens with zero attached hydrogens (tertiary/aromatic N) is 2. The molecule has 0 amide bonds. The third-order valence-corrected chi connectivity index (χ3v) is 3.27. The van der Waals surface area contributed by atoms with Crippen LogP contribution in [0.4, 0.5) is 11.6 Å². The largest absolute Gasteiger partial charge is 0.379 e. The molecule has 0 saturated carbocycles. The summed E-state index contributed by atoms with van der Waals surface area (Å²) in [5.74, 6) is 2.93. The van der Waals surface area contributed by atoms with Crippen molar-refractivity contribution in [2.75, 3.05) is 30.4 Å². The maximum atomic E-state index is 5.47. The lowest BCUT2D eigenvalue weighted by Crippen LogP contribution is -2.35. The van der Waals surface area contributed by atoms with E-state index in [1.165, 1.54) is 0 Å². The summed E-state index contributed by atoms with van der Waals surface area (Å²) in [6, 6.07) is 1.97. The fourth-order valence-electron chi connectivity index (χ4n) is 2.13. The third kappa shape index (κ3) is 3.56. The fourth-order valence-corrected chi connectivity index (χ4v) is 2.13. The summed E-state index contributed by atoms with van der Waals surface area (Å²) in [4.78, 5) is 9.13. The Bertz CT molecular complexity index is 427. The minimum absolute atomic E-state index is 0.0217. The zero-order valence-electron chi connectivity index (χ0n) is 12.3. The Kier molecular flexibility index (Phi) is 4.24. The maximum absolute atomic E-state index is 5.47. The Morgan fingerprint density at radius 2 is 2.11 bits per heavy atom. The maximum Gasteiger partial charge on any atom is 0.135 e. The van der Waals surface area contributed by atoms with Crippen molar-refractivity contribution in [3.63, 3.8) is 0 Å². The molecule has 1 atom stereocenters. The smallest absolute Gasteiger partial charge is 0.135 e. The van der Waals surface area contributed by atoms with Gasteiger partial charge in [0.15, 0.2) is 0 Å². The lowest BCUT2D eigenvalue weighted by molar-refractivity contribution is 0.185. The van der Waals surface area contributed by atoms with Gasteiger partial charge in [0.2, 0.25) is 0 Å². The Labute approximate surface area is 115 Å². The molecular formula is C14H24N4O. The van der Waals surface area contributed by atoms with Gasteiger partial charge in [-0.2, -0.15) is 0 Å². The molecule has 1 aliphatic heterocycles. The van der Waals surface area contributed by atoms with E-state index in [1.807, 2.05) is 6.07 Å². The van der Waals surface area contributed by atoms with Crippen molar-refractivity contribution in [3.05, 3.63) is 11.9 Å². The number of ether oxygens (including phenoxy) is 1. The van der Waals surface area contributed by atoms with Gasteiger partial charge in [0.05, 0.1) is 12.1 Å².